The minimum Gasteiger partial charge on any atom is -0.465 e. The second kappa shape index (κ2) is 5.97. The van der Waals surface area contributed by atoms with Crippen LogP contribution in [0.4, 0.5) is 4.79 Å². The first-order valence-corrected chi connectivity index (χ1v) is 6.04. The van der Waals surface area contributed by atoms with E-state index >= 15 is 0 Å². The molecule has 0 unspecified atom stereocenters. The largest absolute Gasteiger partial charge is 0.501 e. The fraction of sp³-hybridized carbons (Fsp3) is 0.857. The predicted octanol–water partition coefficient (Wildman–Crippen LogP) is 0.474. The smallest absolute Gasteiger partial charge is 0.465 e. The molecule has 0 saturated heterocycles. The van der Waals surface area contributed by atoms with Crippen molar-refractivity contribution >= 4 is 14.9 Å². The Bertz CT molecular complexity index is 177. The van der Waals surface area contributed by atoms with Crippen LogP contribution in [-0.4, -0.2) is 59.8 Å². The fourth-order valence-corrected chi connectivity index (χ4v) is 2.68. The molecule has 0 fully saturated rings. The van der Waals surface area contributed by atoms with Crippen LogP contribution in [0.25, 0.3) is 0 Å². The van der Waals surface area contributed by atoms with Gasteiger partial charge in [-0.25, -0.2) is 4.79 Å². The SMILES string of the molecule is CO[Si](CCN(C)C(=O)O)(OC)OC. The van der Waals surface area contributed by atoms with Crippen molar-refractivity contribution in [3.63, 3.8) is 0 Å². The molecule has 0 aliphatic rings. The second-order valence-electron chi connectivity index (χ2n) is 2.75. The summed E-state index contributed by atoms with van der Waals surface area (Å²) < 4.78 is 15.4. The number of carboxylic acid groups (broad SMARTS) is 1. The Kier molecular flexibility index (Phi) is 5.70. The Balaban J connectivity index is 4.12. The number of hydrogen-bond donors (Lipinski definition) is 1. The van der Waals surface area contributed by atoms with Crippen molar-refractivity contribution < 1.29 is 23.2 Å². The van der Waals surface area contributed by atoms with Crippen molar-refractivity contribution in [2.24, 2.45) is 0 Å². The molecule has 7 heteroatoms. The summed E-state index contributed by atoms with van der Waals surface area (Å²) in [5, 5.41) is 8.62. The molecule has 0 atom stereocenters. The number of carbonyl (C=O) groups is 1. The molecular formula is C7H17NO5Si. The zero-order chi connectivity index (χ0) is 11.2. The third-order valence-electron chi connectivity index (χ3n) is 2.01. The van der Waals surface area contributed by atoms with Crippen LogP contribution in [0, 0.1) is 0 Å². The van der Waals surface area contributed by atoms with Crippen LogP contribution < -0.4 is 0 Å². The molecular weight excluding hydrogens is 206 g/mol. The van der Waals surface area contributed by atoms with Crippen molar-refractivity contribution in [2.45, 2.75) is 6.04 Å². The summed E-state index contributed by atoms with van der Waals surface area (Å²) in [7, 11) is 3.36. The normalized spacial score (nSPS) is 11.4. The van der Waals surface area contributed by atoms with Crippen LogP contribution in [0.3, 0.4) is 0 Å². The van der Waals surface area contributed by atoms with Gasteiger partial charge in [0.15, 0.2) is 0 Å². The van der Waals surface area contributed by atoms with Gasteiger partial charge in [0, 0.05) is 41.0 Å². The van der Waals surface area contributed by atoms with Crippen molar-refractivity contribution in [3.8, 4) is 0 Å². The second-order valence-corrected chi connectivity index (χ2v) is 5.84. The van der Waals surface area contributed by atoms with Crippen LogP contribution >= 0.6 is 0 Å². The molecule has 0 rings (SSSR count). The average molecular weight is 223 g/mol. The van der Waals surface area contributed by atoms with Gasteiger partial charge in [-0.1, -0.05) is 0 Å². The fourth-order valence-electron chi connectivity index (χ4n) is 0.956. The molecule has 0 aliphatic carbocycles. The van der Waals surface area contributed by atoms with Gasteiger partial charge in [-0.15, -0.1) is 0 Å². The van der Waals surface area contributed by atoms with Gasteiger partial charge >= 0.3 is 14.9 Å². The standard InChI is InChI=1S/C7H17NO5Si/c1-8(7(9)10)5-6-14(11-2,12-3)13-4/h5-6H2,1-4H3,(H,9,10). The van der Waals surface area contributed by atoms with Crippen molar-refractivity contribution in [1.82, 2.24) is 4.90 Å². The lowest BCUT2D eigenvalue weighted by Gasteiger charge is -2.25. The van der Waals surface area contributed by atoms with Gasteiger partial charge in [-0.2, -0.15) is 0 Å². The molecule has 0 radical (unpaired) electrons. The molecule has 0 saturated carbocycles. The van der Waals surface area contributed by atoms with Crippen LogP contribution in [0.15, 0.2) is 0 Å². The topological polar surface area (TPSA) is 68.2 Å². The van der Waals surface area contributed by atoms with E-state index in [1.807, 2.05) is 0 Å². The first-order chi connectivity index (χ1) is 6.51. The van der Waals surface area contributed by atoms with Gasteiger partial charge in [0.1, 0.15) is 0 Å². The van der Waals surface area contributed by atoms with Gasteiger partial charge in [-0.3, -0.25) is 0 Å². The lowest BCUT2D eigenvalue weighted by atomic mass is 10.7. The van der Waals surface area contributed by atoms with E-state index in [0.29, 0.717) is 12.6 Å². The molecule has 84 valence electrons. The van der Waals surface area contributed by atoms with Gasteiger partial charge in [0.05, 0.1) is 0 Å². The lowest BCUT2D eigenvalue weighted by molar-refractivity contribution is 0.117. The van der Waals surface area contributed by atoms with Gasteiger partial charge in [0.2, 0.25) is 0 Å². The highest BCUT2D eigenvalue weighted by molar-refractivity contribution is 6.60. The summed E-state index contributed by atoms with van der Waals surface area (Å²) in [5.41, 5.74) is 0. The molecule has 0 heterocycles. The number of rotatable bonds is 6. The molecule has 14 heavy (non-hydrogen) atoms. The summed E-state index contributed by atoms with van der Waals surface area (Å²) in [5.74, 6) is 0. The monoisotopic (exact) mass is 223 g/mol. The van der Waals surface area contributed by atoms with E-state index in [1.165, 1.54) is 33.3 Å². The van der Waals surface area contributed by atoms with E-state index in [2.05, 4.69) is 0 Å². The van der Waals surface area contributed by atoms with E-state index in [0.717, 1.165) is 0 Å². The highest BCUT2D eigenvalue weighted by Gasteiger charge is 2.37. The third kappa shape index (κ3) is 3.62. The molecule has 0 aromatic heterocycles. The van der Waals surface area contributed by atoms with Gasteiger partial charge in [-0.05, 0) is 0 Å². The highest BCUT2D eigenvalue weighted by Crippen LogP contribution is 2.12. The third-order valence-corrected chi connectivity index (χ3v) is 4.71. The van der Waals surface area contributed by atoms with Crippen molar-refractivity contribution in [3.05, 3.63) is 0 Å². The quantitative estimate of drug-likeness (QED) is 0.663. The minimum atomic E-state index is -2.63. The first-order valence-electron chi connectivity index (χ1n) is 4.11. The summed E-state index contributed by atoms with van der Waals surface area (Å²) in [6.45, 7) is 0.330. The number of nitrogens with zero attached hydrogens (tertiary/aromatic N) is 1. The van der Waals surface area contributed by atoms with Crippen LogP contribution in [-0.2, 0) is 13.3 Å². The Morgan fingerprint density at radius 2 is 1.71 bits per heavy atom. The van der Waals surface area contributed by atoms with E-state index in [4.69, 9.17) is 18.4 Å². The first kappa shape index (κ1) is 13.4. The Morgan fingerprint density at radius 3 is 2.00 bits per heavy atom. The predicted molar refractivity (Wildman–Crippen MR) is 52.2 cm³/mol. The minimum absolute atomic E-state index is 0.330. The number of hydrogen-bond acceptors (Lipinski definition) is 4. The zero-order valence-electron chi connectivity index (χ0n) is 8.94. The Labute approximate surface area is 84.7 Å². The maximum Gasteiger partial charge on any atom is 0.501 e. The van der Waals surface area contributed by atoms with Gasteiger partial charge < -0.3 is 23.3 Å². The summed E-state index contributed by atoms with van der Waals surface area (Å²) in [6.07, 6.45) is -0.976. The van der Waals surface area contributed by atoms with E-state index in [1.54, 1.807) is 0 Å². The molecule has 6 nitrogen and oxygen atoms in total. The maximum absolute atomic E-state index is 10.5. The van der Waals surface area contributed by atoms with E-state index in [9.17, 15) is 4.79 Å². The molecule has 1 N–H and O–H groups in total. The maximum atomic E-state index is 10.5. The lowest BCUT2D eigenvalue weighted by Crippen LogP contribution is -2.45. The highest BCUT2D eigenvalue weighted by atomic mass is 28.4. The number of amides is 1. The summed E-state index contributed by atoms with van der Waals surface area (Å²) in [4.78, 5) is 11.7. The van der Waals surface area contributed by atoms with E-state index < -0.39 is 14.9 Å². The summed E-state index contributed by atoms with van der Waals surface area (Å²) in [6, 6.07) is 0.444. The molecule has 0 aliphatic heterocycles. The van der Waals surface area contributed by atoms with Crippen LogP contribution in [0.2, 0.25) is 6.04 Å². The molecule has 0 aromatic rings. The molecule has 0 bridgehead atoms. The van der Waals surface area contributed by atoms with Crippen LogP contribution in [0.5, 0.6) is 0 Å². The van der Waals surface area contributed by atoms with Crippen molar-refractivity contribution in [1.29, 1.82) is 0 Å². The van der Waals surface area contributed by atoms with Crippen LogP contribution in [0.1, 0.15) is 0 Å². The Morgan fingerprint density at radius 1 is 1.29 bits per heavy atom. The molecule has 0 spiro atoms. The Hall–Kier alpha value is -0.633. The zero-order valence-corrected chi connectivity index (χ0v) is 9.94. The molecule has 1 amide bonds. The molecule has 0 aromatic carbocycles. The van der Waals surface area contributed by atoms with E-state index in [-0.39, 0.29) is 0 Å². The summed E-state index contributed by atoms with van der Waals surface area (Å²) >= 11 is 0. The average Bonchev–Trinajstić information content (AvgIpc) is 2.20. The van der Waals surface area contributed by atoms with Gasteiger partial charge in [0.25, 0.3) is 0 Å². The van der Waals surface area contributed by atoms with Crippen molar-refractivity contribution in [2.75, 3.05) is 34.9 Å².